The van der Waals surface area contributed by atoms with Crippen molar-refractivity contribution in [1.82, 2.24) is 24.1 Å². The number of alkyl halides is 3. The van der Waals surface area contributed by atoms with Gasteiger partial charge >= 0.3 is 6.18 Å². The summed E-state index contributed by atoms with van der Waals surface area (Å²) in [5.41, 5.74) is 7.12. The highest BCUT2D eigenvalue weighted by Crippen LogP contribution is 2.52. The van der Waals surface area contributed by atoms with Crippen molar-refractivity contribution >= 4 is 97.1 Å². The van der Waals surface area contributed by atoms with Crippen molar-refractivity contribution in [2.75, 3.05) is 0 Å². The minimum Gasteiger partial charge on any atom is -0.455 e. The Morgan fingerprint density at radius 1 is 0.405 bits per heavy atom. The average Bonchev–Trinajstić information content (AvgIpc) is 4.25. The van der Waals surface area contributed by atoms with Gasteiger partial charge in [-0.2, -0.15) is 13.2 Å². The van der Waals surface area contributed by atoms with E-state index in [1.807, 2.05) is 138 Å². The fraction of sp³-hybridized carbons (Fsp3) is 0.0156. The van der Waals surface area contributed by atoms with Gasteiger partial charge in [-0.15, -0.1) is 11.3 Å². The van der Waals surface area contributed by atoms with E-state index in [9.17, 15) is 0 Å². The van der Waals surface area contributed by atoms with Gasteiger partial charge in [0.15, 0.2) is 17.5 Å². The quantitative estimate of drug-likeness (QED) is 0.167. The van der Waals surface area contributed by atoms with Crippen molar-refractivity contribution < 1.29 is 17.6 Å². The summed E-state index contributed by atoms with van der Waals surface area (Å²) in [5, 5.41) is 6.46. The predicted molar refractivity (Wildman–Crippen MR) is 295 cm³/mol. The summed E-state index contributed by atoms with van der Waals surface area (Å²) in [6.45, 7) is 0. The van der Waals surface area contributed by atoms with Crippen LogP contribution in [-0.2, 0) is 6.18 Å². The van der Waals surface area contributed by atoms with Crippen molar-refractivity contribution in [2.45, 2.75) is 6.18 Å². The number of hydrogen-bond donors (Lipinski definition) is 0. The number of rotatable bonds is 6. The van der Waals surface area contributed by atoms with Crippen LogP contribution in [0.2, 0.25) is 0 Å². The van der Waals surface area contributed by atoms with Crippen molar-refractivity contribution in [3.05, 3.63) is 224 Å². The topological polar surface area (TPSA) is 61.7 Å². The Labute approximate surface area is 423 Å². The first-order valence-corrected chi connectivity index (χ1v) is 25.1. The number of aromatic nitrogens is 5. The molecule has 74 heavy (non-hydrogen) atoms. The van der Waals surface area contributed by atoms with Crippen LogP contribution in [0.1, 0.15) is 5.56 Å². The van der Waals surface area contributed by atoms with E-state index < -0.39 is 11.7 Å². The number of para-hydroxylation sites is 4. The Morgan fingerprint density at radius 2 is 0.973 bits per heavy atom. The van der Waals surface area contributed by atoms with Crippen LogP contribution in [0.4, 0.5) is 13.2 Å². The molecule has 10 heteroatoms. The molecule has 0 aliphatic heterocycles. The Bertz CT molecular complexity index is 4710. The highest BCUT2D eigenvalue weighted by atomic mass is 32.1. The van der Waals surface area contributed by atoms with Gasteiger partial charge < -0.3 is 13.6 Å². The Morgan fingerprint density at radius 3 is 1.68 bits per heavy atom. The minimum absolute atomic E-state index is 0.0503. The van der Waals surface area contributed by atoms with Crippen LogP contribution in [0, 0.1) is 0 Å². The summed E-state index contributed by atoms with van der Waals surface area (Å²) < 4.78 is 63.9. The maximum atomic E-state index is 16.8. The molecule has 15 aromatic rings. The van der Waals surface area contributed by atoms with Gasteiger partial charge in [-0.25, -0.2) is 15.0 Å². The van der Waals surface area contributed by atoms with Crippen LogP contribution < -0.4 is 0 Å². The molecule has 0 bridgehead atoms. The van der Waals surface area contributed by atoms with Crippen LogP contribution in [0.25, 0.3) is 142 Å². The zero-order chi connectivity index (χ0) is 49.2. The van der Waals surface area contributed by atoms with E-state index in [0.29, 0.717) is 44.8 Å². The second-order valence-electron chi connectivity index (χ2n) is 18.6. The number of furan rings is 1. The fourth-order valence-corrected chi connectivity index (χ4v) is 12.3. The molecule has 0 N–H and O–H groups in total. The molecule has 5 heterocycles. The molecule has 0 spiro atoms. The van der Waals surface area contributed by atoms with E-state index in [1.165, 1.54) is 20.9 Å². The van der Waals surface area contributed by atoms with Crippen LogP contribution in [-0.4, -0.2) is 24.1 Å². The fourth-order valence-electron chi connectivity index (χ4n) is 11.2. The van der Waals surface area contributed by atoms with Crippen molar-refractivity contribution in [2.24, 2.45) is 0 Å². The molecule has 0 amide bonds. The molecule has 10 aromatic carbocycles. The molecular formula is C64H36F3N5OS. The van der Waals surface area contributed by atoms with Gasteiger partial charge in [0.05, 0.1) is 44.3 Å². The van der Waals surface area contributed by atoms with E-state index in [2.05, 4.69) is 77.4 Å². The second kappa shape index (κ2) is 16.1. The lowest BCUT2D eigenvalue weighted by molar-refractivity contribution is -0.137. The van der Waals surface area contributed by atoms with Gasteiger partial charge in [0, 0.05) is 69.5 Å². The summed E-state index contributed by atoms with van der Waals surface area (Å²) in [4.78, 5) is 14.8. The smallest absolute Gasteiger partial charge is 0.418 e. The number of fused-ring (bicyclic) bond motifs is 13. The molecular weight excluding hydrogens is 944 g/mol. The molecule has 15 rings (SSSR count). The Balaban J connectivity index is 1.12. The van der Waals surface area contributed by atoms with Gasteiger partial charge in [0.25, 0.3) is 0 Å². The third-order valence-electron chi connectivity index (χ3n) is 14.4. The maximum absolute atomic E-state index is 16.8. The van der Waals surface area contributed by atoms with Crippen LogP contribution in [0.5, 0.6) is 0 Å². The summed E-state index contributed by atoms with van der Waals surface area (Å²) >= 11 is 1.76. The van der Waals surface area contributed by atoms with E-state index in [4.69, 9.17) is 19.4 Å². The van der Waals surface area contributed by atoms with Gasteiger partial charge in [-0.3, -0.25) is 0 Å². The summed E-state index contributed by atoms with van der Waals surface area (Å²) in [6.07, 6.45) is -4.89. The minimum atomic E-state index is -4.89. The molecule has 0 radical (unpaired) electrons. The highest BCUT2D eigenvalue weighted by Gasteiger charge is 2.39. The van der Waals surface area contributed by atoms with Gasteiger partial charge in [-0.1, -0.05) is 158 Å². The molecule has 5 aromatic heterocycles. The van der Waals surface area contributed by atoms with Crippen molar-refractivity contribution in [1.29, 1.82) is 0 Å². The van der Waals surface area contributed by atoms with Crippen LogP contribution in [0.3, 0.4) is 0 Å². The summed E-state index contributed by atoms with van der Waals surface area (Å²) in [5.74, 6) is 0.686. The number of benzene rings is 10. The number of nitrogens with zero attached hydrogens (tertiary/aromatic N) is 5. The predicted octanol–water partition coefficient (Wildman–Crippen LogP) is 18.0. The molecule has 0 atom stereocenters. The van der Waals surface area contributed by atoms with E-state index >= 15 is 13.2 Å². The first kappa shape index (κ1) is 42.3. The number of hydrogen-bond acceptors (Lipinski definition) is 5. The molecule has 6 nitrogen and oxygen atoms in total. The summed E-state index contributed by atoms with van der Waals surface area (Å²) in [6, 6.07) is 70.8. The number of halogens is 3. The first-order chi connectivity index (χ1) is 36.4. The van der Waals surface area contributed by atoms with Crippen molar-refractivity contribution in [3.8, 4) is 56.7 Å². The number of thiophene rings is 1. The lowest BCUT2D eigenvalue weighted by Crippen LogP contribution is -2.12. The molecule has 0 aliphatic carbocycles. The molecule has 0 unspecified atom stereocenters. The molecule has 350 valence electrons. The molecule has 0 saturated heterocycles. The SMILES string of the molecule is FC(F)(F)c1cc(-c2nc(-c3ccccc3)nc(-c3ccccc3)n2)c2oc3ccccc3c2c1-n1c2ccccc2c2cc(-c3ccc4sc5ccccc5c4c3)c3c(c4ccccc4n3-c3ccccc3)c21. The lowest BCUT2D eigenvalue weighted by atomic mass is 9.96. The third kappa shape index (κ3) is 6.34. The normalized spacial score (nSPS) is 12.3. The van der Waals surface area contributed by atoms with Crippen LogP contribution in [0.15, 0.2) is 223 Å². The van der Waals surface area contributed by atoms with Gasteiger partial charge in [0.2, 0.25) is 0 Å². The lowest BCUT2D eigenvalue weighted by Gasteiger charge is -2.20. The van der Waals surface area contributed by atoms with E-state index in [1.54, 1.807) is 17.4 Å². The van der Waals surface area contributed by atoms with Crippen molar-refractivity contribution in [3.63, 3.8) is 0 Å². The zero-order valence-corrected chi connectivity index (χ0v) is 39.8. The van der Waals surface area contributed by atoms with E-state index in [-0.39, 0.29) is 28.0 Å². The first-order valence-electron chi connectivity index (χ1n) is 24.3. The highest BCUT2D eigenvalue weighted by molar-refractivity contribution is 7.25. The second-order valence-corrected chi connectivity index (χ2v) is 19.6. The summed E-state index contributed by atoms with van der Waals surface area (Å²) in [7, 11) is 0. The zero-order valence-electron chi connectivity index (χ0n) is 39.0. The van der Waals surface area contributed by atoms with Gasteiger partial charge in [-0.05, 0) is 66.2 Å². The average molecular weight is 980 g/mol. The Hall–Kier alpha value is -9.38. The van der Waals surface area contributed by atoms with Gasteiger partial charge in [0.1, 0.15) is 11.2 Å². The van der Waals surface area contributed by atoms with E-state index in [0.717, 1.165) is 54.8 Å². The monoisotopic (exact) mass is 979 g/mol. The Kier molecular flexibility index (Phi) is 9.19. The standard InChI is InChI=1S/C64H36F3N5OS/c65-64(66,67)49-36-48(63-69-61(37-18-4-1-5-19-37)68-62(70-63)38-20-6-2-7-21-38)60-56(44-27-12-16-30-52(44)73-60)59(49)72-50-28-14-10-24-41(50)47-35-45(39-32-33-54-46(34-39)42-25-13-17-31-53(42)74-54)57-55(58(47)72)43-26-11-15-29-51(43)71(57)40-22-8-3-9-23-40/h1-36H. The third-order valence-corrected chi connectivity index (χ3v) is 15.5. The van der Waals surface area contributed by atoms with Crippen LogP contribution >= 0.6 is 11.3 Å². The molecule has 0 aliphatic rings. The largest absolute Gasteiger partial charge is 0.455 e. The molecule has 0 fully saturated rings. The maximum Gasteiger partial charge on any atom is 0.418 e. The molecule has 0 saturated carbocycles.